The van der Waals surface area contributed by atoms with E-state index in [0.717, 1.165) is 30.5 Å². The van der Waals surface area contributed by atoms with Gasteiger partial charge in [-0.15, -0.1) is 0 Å². The molecule has 1 unspecified atom stereocenters. The van der Waals surface area contributed by atoms with E-state index in [9.17, 15) is 0 Å². The lowest BCUT2D eigenvalue weighted by Crippen LogP contribution is -2.29. The van der Waals surface area contributed by atoms with Crippen LogP contribution < -0.4 is 15.5 Å². The van der Waals surface area contributed by atoms with Crippen molar-refractivity contribution in [1.29, 1.82) is 0 Å². The van der Waals surface area contributed by atoms with E-state index in [-0.39, 0.29) is 0 Å². The highest BCUT2D eigenvalue weighted by molar-refractivity contribution is 5.48. The highest BCUT2D eigenvalue weighted by atomic mass is 15.2. The Hall–Kier alpha value is -1.36. The lowest BCUT2D eigenvalue weighted by atomic mass is 10.1. The monoisotopic (exact) mass is 263 g/mol. The van der Waals surface area contributed by atoms with Crippen LogP contribution in [0.2, 0.25) is 0 Å². The van der Waals surface area contributed by atoms with E-state index >= 15 is 0 Å². The minimum Gasteiger partial charge on any atom is -0.370 e. The molecule has 1 aliphatic heterocycles. The summed E-state index contributed by atoms with van der Waals surface area (Å²) in [5, 5.41) is 6.79. The van der Waals surface area contributed by atoms with Crippen molar-refractivity contribution in [3.05, 3.63) is 11.9 Å². The highest BCUT2D eigenvalue weighted by Crippen LogP contribution is 2.16. The smallest absolute Gasteiger partial charge is 0.134 e. The van der Waals surface area contributed by atoms with E-state index in [4.69, 9.17) is 0 Å². The van der Waals surface area contributed by atoms with Crippen LogP contribution in [-0.2, 0) is 0 Å². The van der Waals surface area contributed by atoms with Crippen molar-refractivity contribution in [2.45, 2.75) is 39.2 Å². The van der Waals surface area contributed by atoms with Crippen molar-refractivity contribution in [3.63, 3.8) is 0 Å². The molecule has 1 saturated heterocycles. The summed E-state index contributed by atoms with van der Waals surface area (Å²) in [7, 11) is 2.10. The van der Waals surface area contributed by atoms with E-state index in [2.05, 4.69) is 39.5 Å². The fraction of sp³-hybridized carbons (Fsp3) is 0.714. The number of hydrogen-bond donors (Lipinski definition) is 2. The maximum absolute atomic E-state index is 4.52. The van der Waals surface area contributed by atoms with Gasteiger partial charge in [0.05, 0.1) is 0 Å². The number of rotatable bonds is 6. The first kappa shape index (κ1) is 14.1. The van der Waals surface area contributed by atoms with Gasteiger partial charge in [0.15, 0.2) is 0 Å². The molecule has 0 bridgehead atoms. The lowest BCUT2D eigenvalue weighted by molar-refractivity contribution is 0.558. The highest BCUT2D eigenvalue weighted by Gasteiger charge is 2.15. The third-order valence-corrected chi connectivity index (χ3v) is 3.55. The summed E-state index contributed by atoms with van der Waals surface area (Å²) < 4.78 is 0. The number of nitrogens with zero attached hydrogens (tertiary/aromatic N) is 3. The van der Waals surface area contributed by atoms with Gasteiger partial charge in [0.1, 0.15) is 17.5 Å². The molecule has 1 atom stereocenters. The molecule has 19 heavy (non-hydrogen) atoms. The van der Waals surface area contributed by atoms with Crippen molar-refractivity contribution in [3.8, 4) is 0 Å². The topological polar surface area (TPSA) is 53.1 Å². The summed E-state index contributed by atoms with van der Waals surface area (Å²) in [4.78, 5) is 11.1. The molecule has 2 heterocycles. The Labute approximate surface area is 115 Å². The second-order valence-corrected chi connectivity index (χ2v) is 5.19. The molecule has 0 aromatic carbocycles. The molecular weight excluding hydrogens is 238 g/mol. The second kappa shape index (κ2) is 6.70. The van der Waals surface area contributed by atoms with Gasteiger partial charge >= 0.3 is 0 Å². The van der Waals surface area contributed by atoms with E-state index in [1.54, 1.807) is 0 Å². The molecule has 106 valence electrons. The molecular formula is C14H25N5. The van der Waals surface area contributed by atoms with Crippen molar-refractivity contribution in [2.24, 2.45) is 0 Å². The normalized spacial score (nSPS) is 18.6. The molecule has 1 aromatic rings. The first-order valence-corrected chi connectivity index (χ1v) is 7.23. The summed E-state index contributed by atoms with van der Waals surface area (Å²) in [6.07, 6.45) is 3.79. The van der Waals surface area contributed by atoms with Crippen LogP contribution in [0.1, 0.15) is 32.0 Å². The van der Waals surface area contributed by atoms with Crippen LogP contribution in [0, 0.1) is 6.92 Å². The Bertz CT molecular complexity index is 401. The lowest BCUT2D eigenvalue weighted by Gasteiger charge is -2.21. The van der Waals surface area contributed by atoms with E-state index < -0.39 is 0 Å². The van der Waals surface area contributed by atoms with Gasteiger partial charge in [-0.1, -0.05) is 0 Å². The van der Waals surface area contributed by atoms with E-state index in [1.165, 1.54) is 25.8 Å². The minimum absolute atomic E-state index is 0.679. The third-order valence-electron chi connectivity index (χ3n) is 3.55. The summed E-state index contributed by atoms with van der Waals surface area (Å²) in [5.74, 6) is 2.73. The average Bonchev–Trinajstić information content (AvgIpc) is 2.88. The van der Waals surface area contributed by atoms with Crippen LogP contribution in [0.25, 0.3) is 0 Å². The molecule has 0 aliphatic carbocycles. The van der Waals surface area contributed by atoms with Crippen LogP contribution in [0.4, 0.5) is 11.6 Å². The minimum atomic E-state index is 0.679. The Kier molecular flexibility index (Phi) is 4.96. The number of hydrogen-bond acceptors (Lipinski definition) is 5. The predicted molar refractivity (Wildman–Crippen MR) is 79.8 cm³/mol. The van der Waals surface area contributed by atoms with Crippen LogP contribution >= 0.6 is 0 Å². The number of anilines is 2. The van der Waals surface area contributed by atoms with Gasteiger partial charge in [0.25, 0.3) is 0 Å². The maximum Gasteiger partial charge on any atom is 0.134 e. The Balaban J connectivity index is 1.94. The van der Waals surface area contributed by atoms with Crippen LogP contribution in [0.15, 0.2) is 6.07 Å². The van der Waals surface area contributed by atoms with Crippen LogP contribution in [0.5, 0.6) is 0 Å². The summed E-state index contributed by atoms with van der Waals surface area (Å²) >= 11 is 0. The number of nitrogens with one attached hydrogen (secondary N) is 2. The molecule has 0 spiro atoms. The van der Waals surface area contributed by atoms with Gasteiger partial charge in [-0.25, -0.2) is 9.97 Å². The Morgan fingerprint density at radius 2 is 2.32 bits per heavy atom. The third kappa shape index (κ3) is 4.06. The number of aromatic nitrogens is 2. The zero-order valence-corrected chi connectivity index (χ0v) is 12.2. The SMILES string of the molecule is CCNc1cc(N(C)CCC2CCCN2)nc(C)n1. The fourth-order valence-corrected chi connectivity index (χ4v) is 2.49. The molecule has 0 radical (unpaired) electrons. The molecule has 1 aliphatic rings. The molecule has 5 nitrogen and oxygen atoms in total. The molecule has 2 rings (SSSR count). The van der Waals surface area contributed by atoms with E-state index in [1.807, 2.05) is 13.0 Å². The van der Waals surface area contributed by atoms with Crippen molar-refractivity contribution >= 4 is 11.6 Å². The second-order valence-electron chi connectivity index (χ2n) is 5.19. The van der Waals surface area contributed by atoms with Crippen LogP contribution in [-0.4, -0.2) is 42.7 Å². The van der Waals surface area contributed by atoms with Gasteiger partial charge < -0.3 is 15.5 Å². The average molecular weight is 263 g/mol. The predicted octanol–water partition coefficient (Wildman–Crippen LogP) is 1.80. The first-order chi connectivity index (χ1) is 9.19. The van der Waals surface area contributed by atoms with Crippen molar-refractivity contribution < 1.29 is 0 Å². The largest absolute Gasteiger partial charge is 0.370 e. The molecule has 1 aromatic heterocycles. The van der Waals surface area contributed by atoms with Crippen LogP contribution in [0.3, 0.4) is 0 Å². The van der Waals surface area contributed by atoms with Gasteiger partial charge in [0, 0.05) is 32.2 Å². The summed E-state index contributed by atoms with van der Waals surface area (Å²) in [6, 6.07) is 2.71. The van der Waals surface area contributed by atoms with Crippen molar-refractivity contribution in [2.75, 3.05) is 36.9 Å². The van der Waals surface area contributed by atoms with Gasteiger partial charge in [0.2, 0.25) is 0 Å². The summed E-state index contributed by atoms with van der Waals surface area (Å²) in [5.41, 5.74) is 0. The van der Waals surface area contributed by atoms with Gasteiger partial charge in [-0.05, 0) is 39.7 Å². The molecule has 0 amide bonds. The maximum atomic E-state index is 4.52. The molecule has 2 N–H and O–H groups in total. The van der Waals surface area contributed by atoms with Gasteiger partial charge in [-0.2, -0.15) is 0 Å². The zero-order chi connectivity index (χ0) is 13.7. The number of aryl methyl sites for hydroxylation is 1. The fourth-order valence-electron chi connectivity index (χ4n) is 2.49. The molecule has 1 fully saturated rings. The first-order valence-electron chi connectivity index (χ1n) is 7.23. The van der Waals surface area contributed by atoms with E-state index in [0.29, 0.717) is 6.04 Å². The molecule has 0 saturated carbocycles. The van der Waals surface area contributed by atoms with Gasteiger partial charge in [-0.3, -0.25) is 0 Å². The van der Waals surface area contributed by atoms with Crippen molar-refractivity contribution in [1.82, 2.24) is 15.3 Å². The quantitative estimate of drug-likeness (QED) is 0.819. The molecule has 5 heteroatoms. The Morgan fingerprint density at radius 1 is 1.47 bits per heavy atom. The summed E-state index contributed by atoms with van der Waals surface area (Å²) in [6.45, 7) is 7.10. The standard InChI is InChI=1S/C14H25N5/c1-4-15-13-10-14(18-11(2)17-13)19(3)9-7-12-6-5-8-16-12/h10,12,16H,4-9H2,1-3H3,(H,15,17,18). The zero-order valence-electron chi connectivity index (χ0n) is 12.2. The Morgan fingerprint density at radius 3 is 3.00 bits per heavy atom.